The topological polar surface area (TPSA) is 80.5 Å². The number of hydrogen-bond donors (Lipinski definition) is 2. The number of carbonyl (C=O) groups is 1. The number of hydrogen-bond acceptors (Lipinski definition) is 6. The van der Waals surface area contributed by atoms with Gasteiger partial charge in [-0.05, 0) is 25.7 Å². The summed E-state index contributed by atoms with van der Waals surface area (Å²) in [5, 5.41) is 4.06. The summed E-state index contributed by atoms with van der Waals surface area (Å²) in [5.74, 6) is 0.353. The van der Waals surface area contributed by atoms with Gasteiger partial charge < -0.3 is 20.7 Å². The number of aromatic nitrogens is 1. The summed E-state index contributed by atoms with van der Waals surface area (Å²) in [4.78, 5) is 19.3. The number of nitrogens with two attached hydrogens (primary N) is 1. The van der Waals surface area contributed by atoms with E-state index in [2.05, 4.69) is 10.3 Å². The quantitative estimate of drug-likeness (QED) is 0.878. The fourth-order valence-corrected chi connectivity index (χ4v) is 3.80. The fourth-order valence-electron chi connectivity index (χ4n) is 2.87. The molecule has 0 spiro atoms. The third-order valence-corrected chi connectivity index (χ3v) is 5.07. The zero-order valence-corrected chi connectivity index (χ0v) is 12.0. The van der Waals surface area contributed by atoms with Crippen molar-refractivity contribution in [2.24, 2.45) is 0 Å². The second-order valence-corrected chi connectivity index (χ2v) is 6.82. The molecule has 1 amide bonds. The van der Waals surface area contributed by atoms with Crippen LogP contribution in [0.15, 0.2) is 0 Å². The summed E-state index contributed by atoms with van der Waals surface area (Å²) in [5.41, 5.74) is 5.91. The second-order valence-electron chi connectivity index (χ2n) is 5.82. The predicted octanol–water partition coefficient (Wildman–Crippen LogP) is 1.30. The van der Waals surface area contributed by atoms with Gasteiger partial charge in [0.1, 0.15) is 10.7 Å². The number of nitrogen functional groups attached to an aromatic ring is 1. The van der Waals surface area contributed by atoms with E-state index in [1.54, 1.807) is 0 Å². The first kappa shape index (κ1) is 12.4. The van der Waals surface area contributed by atoms with Gasteiger partial charge in [-0.1, -0.05) is 11.3 Å². The van der Waals surface area contributed by atoms with E-state index in [-0.39, 0.29) is 18.1 Å². The fraction of sp³-hybridized carbons (Fsp3) is 0.692. The monoisotopic (exact) mass is 294 g/mol. The minimum atomic E-state index is 0.00375. The molecule has 3 N–H and O–H groups in total. The van der Waals surface area contributed by atoms with Crippen molar-refractivity contribution in [1.29, 1.82) is 0 Å². The van der Waals surface area contributed by atoms with E-state index in [0.717, 1.165) is 18.0 Å². The molecule has 6 nitrogen and oxygen atoms in total. The Morgan fingerprint density at radius 3 is 2.65 bits per heavy atom. The van der Waals surface area contributed by atoms with E-state index >= 15 is 0 Å². The van der Waals surface area contributed by atoms with Gasteiger partial charge in [0.2, 0.25) is 0 Å². The van der Waals surface area contributed by atoms with Gasteiger partial charge in [-0.2, -0.15) is 0 Å². The van der Waals surface area contributed by atoms with Crippen molar-refractivity contribution in [2.75, 3.05) is 24.1 Å². The molecule has 2 saturated heterocycles. The third-order valence-electron chi connectivity index (χ3n) is 4.08. The molecule has 0 radical (unpaired) electrons. The van der Waals surface area contributed by atoms with Crippen LogP contribution in [0.5, 0.6) is 0 Å². The molecular weight excluding hydrogens is 276 g/mol. The van der Waals surface area contributed by atoms with Crippen molar-refractivity contribution in [3.63, 3.8) is 0 Å². The normalized spacial score (nSPS) is 28.7. The number of thiazole rings is 1. The Bertz CT molecular complexity index is 530. The maximum absolute atomic E-state index is 12.6. The smallest absolute Gasteiger partial charge is 0.268 e. The Labute approximate surface area is 121 Å². The molecule has 1 aromatic heterocycles. The molecule has 7 heteroatoms. The van der Waals surface area contributed by atoms with E-state index in [0.29, 0.717) is 29.8 Å². The van der Waals surface area contributed by atoms with E-state index in [1.165, 1.54) is 24.2 Å². The molecule has 2 aliphatic heterocycles. The van der Waals surface area contributed by atoms with Crippen LogP contribution in [0, 0.1) is 0 Å². The molecule has 3 aliphatic rings. The molecule has 2 bridgehead atoms. The lowest BCUT2D eigenvalue weighted by Crippen LogP contribution is -2.45. The average molecular weight is 294 g/mol. The molecule has 108 valence electrons. The summed E-state index contributed by atoms with van der Waals surface area (Å²) >= 11 is 1.37. The molecule has 4 rings (SSSR count). The van der Waals surface area contributed by atoms with Crippen molar-refractivity contribution < 1.29 is 9.53 Å². The number of amides is 1. The van der Waals surface area contributed by atoms with Crippen LogP contribution < -0.4 is 11.1 Å². The van der Waals surface area contributed by atoms with E-state index < -0.39 is 0 Å². The summed E-state index contributed by atoms with van der Waals surface area (Å²) in [6.45, 7) is 1.36. The minimum absolute atomic E-state index is 0.00375. The number of likely N-dealkylation sites (tertiary alicyclic amines) is 1. The number of morpholine rings is 1. The van der Waals surface area contributed by atoms with Gasteiger partial charge >= 0.3 is 0 Å². The number of anilines is 2. The first-order valence-corrected chi connectivity index (χ1v) is 7.98. The molecule has 3 heterocycles. The van der Waals surface area contributed by atoms with Gasteiger partial charge in [0.25, 0.3) is 5.91 Å². The summed E-state index contributed by atoms with van der Waals surface area (Å²) < 4.78 is 5.76. The van der Waals surface area contributed by atoms with Gasteiger partial charge in [0, 0.05) is 19.1 Å². The number of ether oxygens (including phenoxy) is 1. The van der Waals surface area contributed by atoms with Gasteiger partial charge in [0.15, 0.2) is 5.13 Å². The number of rotatable bonds is 3. The third kappa shape index (κ3) is 2.25. The molecule has 2 atom stereocenters. The largest absolute Gasteiger partial charge is 0.382 e. The highest BCUT2D eigenvalue weighted by Crippen LogP contribution is 2.33. The first-order chi connectivity index (χ1) is 9.69. The van der Waals surface area contributed by atoms with Gasteiger partial charge in [-0.3, -0.25) is 4.79 Å². The highest BCUT2D eigenvalue weighted by Gasteiger charge is 2.37. The zero-order chi connectivity index (χ0) is 13.7. The van der Waals surface area contributed by atoms with Crippen molar-refractivity contribution in [3.8, 4) is 0 Å². The lowest BCUT2D eigenvalue weighted by atomic mass is 10.2. The second kappa shape index (κ2) is 4.60. The van der Waals surface area contributed by atoms with Crippen LogP contribution in [0.4, 0.5) is 10.9 Å². The summed E-state index contributed by atoms with van der Waals surface area (Å²) in [7, 11) is 0. The lowest BCUT2D eigenvalue weighted by molar-refractivity contribution is -0.0301. The van der Waals surface area contributed by atoms with Crippen LogP contribution in [0.2, 0.25) is 0 Å². The van der Waals surface area contributed by atoms with Crippen LogP contribution in [-0.2, 0) is 4.74 Å². The number of nitrogens with zero attached hydrogens (tertiary/aromatic N) is 2. The SMILES string of the molecule is Nc1nc(NC2CC2)sc1C(=O)N1CC2CCC(C1)O2. The van der Waals surface area contributed by atoms with Crippen LogP contribution in [0.1, 0.15) is 35.4 Å². The van der Waals surface area contributed by atoms with Crippen LogP contribution >= 0.6 is 11.3 Å². The Kier molecular flexibility index (Phi) is 2.85. The van der Waals surface area contributed by atoms with E-state index in [1.807, 2.05) is 4.90 Å². The van der Waals surface area contributed by atoms with Crippen LogP contribution in [0.25, 0.3) is 0 Å². The standard InChI is InChI=1S/C13H18N4O2S/c14-11-10(20-13(16-11)15-7-1-2-7)12(18)17-5-8-3-4-9(6-17)19-8/h7-9H,1-6,14H2,(H,15,16). The van der Waals surface area contributed by atoms with Gasteiger partial charge in [-0.15, -0.1) is 0 Å². The Hall–Kier alpha value is -1.34. The molecular formula is C13H18N4O2S. The number of carbonyl (C=O) groups excluding carboxylic acids is 1. The van der Waals surface area contributed by atoms with Crippen molar-refractivity contribution in [1.82, 2.24) is 9.88 Å². The molecule has 1 aliphatic carbocycles. The summed E-state index contributed by atoms with van der Waals surface area (Å²) in [6.07, 6.45) is 4.87. The molecule has 1 aromatic rings. The van der Waals surface area contributed by atoms with E-state index in [9.17, 15) is 4.79 Å². The van der Waals surface area contributed by atoms with Crippen molar-refractivity contribution >= 4 is 28.2 Å². The zero-order valence-electron chi connectivity index (χ0n) is 11.2. The van der Waals surface area contributed by atoms with Crippen molar-refractivity contribution in [3.05, 3.63) is 4.88 Å². The van der Waals surface area contributed by atoms with E-state index in [4.69, 9.17) is 10.5 Å². The highest BCUT2D eigenvalue weighted by molar-refractivity contribution is 7.18. The maximum atomic E-state index is 12.6. The molecule has 2 unspecified atom stereocenters. The average Bonchev–Trinajstić information content (AvgIpc) is 3.08. The van der Waals surface area contributed by atoms with Gasteiger partial charge in [-0.25, -0.2) is 4.98 Å². The molecule has 3 fully saturated rings. The predicted molar refractivity (Wildman–Crippen MR) is 77.0 cm³/mol. The summed E-state index contributed by atoms with van der Waals surface area (Å²) in [6, 6.07) is 0.516. The van der Waals surface area contributed by atoms with Crippen molar-refractivity contribution in [2.45, 2.75) is 43.9 Å². The maximum Gasteiger partial charge on any atom is 0.268 e. The molecule has 0 aromatic carbocycles. The highest BCUT2D eigenvalue weighted by atomic mass is 32.1. The first-order valence-electron chi connectivity index (χ1n) is 7.16. The van der Waals surface area contributed by atoms with Crippen LogP contribution in [-0.4, -0.2) is 47.1 Å². The Morgan fingerprint density at radius 2 is 2.00 bits per heavy atom. The number of nitrogens with one attached hydrogen (secondary N) is 1. The van der Waals surface area contributed by atoms with Crippen LogP contribution in [0.3, 0.4) is 0 Å². The minimum Gasteiger partial charge on any atom is -0.382 e. The molecule has 1 saturated carbocycles. The Morgan fingerprint density at radius 1 is 1.30 bits per heavy atom. The number of fused-ring (bicyclic) bond motifs is 2. The Balaban J connectivity index is 1.51. The lowest BCUT2D eigenvalue weighted by Gasteiger charge is -2.31. The molecule has 20 heavy (non-hydrogen) atoms. The van der Waals surface area contributed by atoms with Gasteiger partial charge in [0.05, 0.1) is 12.2 Å².